The number of anilines is 1. The third kappa shape index (κ3) is 4.03. The van der Waals surface area contributed by atoms with Gasteiger partial charge in [0, 0.05) is 16.6 Å². The van der Waals surface area contributed by atoms with Gasteiger partial charge < -0.3 is 19.2 Å². The Morgan fingerprint density at radius 2 is 2.00 bits per heavy atom. The maximum absolute atomic E-state index is 13.1. The number of carbonyl (C=O) groups excluding carboxylic acids is 2. The molecular weight excluding hydrogens is 377 g/mol. The van der Waals surface area contributed by atoms with E-state index in [1.54, 1.807) is 32.2 Å². The molecule has 0 saturated heterocycles. The molecule has 0 atom stereocenters. The highest BCUT2D eigenvalue weighted by molar-refractivity contribution is 6.31. The van der Waals surface area contributed by atoms with Crippen LogP contribution in [0.3, 0.4) is 0 Å². The average Bonchev–Trinajstić information content (AvgIpc) is 2.99. The number of rotatable bonds is 5. The first-order valence-corrected chi connectivity index (χ1v) is 8.26. The molecule has 3 aromatic rings. The van der Waals surface area contributed by atoms with E-state index >= 15 is 0 Å². The zero-order chi connectivity index (χ0) is 19.6. The maximum atomic E-state index is 13.1. The van der Waals surface area contributed by atoms with Gasteiger partial charge in [0.1, 0.15) is 17.1 Å². The molecule has 0 saturated carbocycles. The summed E-state index contributed by atoms with van der Waals surface area (Å²) < 4.78 is 28.8. The summed E-state index contributed by atoms with van der Waals surface area (Å²) in [6.07, 6.45) is 0. The van der Waals surface area contributed by atoms with Gasteiger partial charge in [0.15, 0.2) is 6.61 Å². The summed E-state index contributed by atoms with van der Waals surface area (Å²) in [4.78, 5) is 24.2. The molecule has 1 aromatic heterocycles. The van der Waals surface area contributed by atoms with Crippen molar-refractivity contribution in [1.82, 2.24) is 0 Å². The predicted octanol–water partition coefficient (Wildman–Crippen LogP) is 4.34. The van der Waals surface area contributed by atoms with Gasteiger partial charge in [0.25, 0.3) is 5.91 Å². The predicted molar refractivity (Wildman–Crippen MR) is 97.8 cm³/mol. The Balaban J connectivity index is 1.66. The van der Waals surface area contributed by atoms with Gasteiger partial charge in [0.2, 0.25) is 5.76 Å². The molecule has 0 aliphatic heterocycles. The standard InChI is InChI=1S/C19H15ClFNO5/c1-10-13-8-12(25-2)4-6-16(13)27-18(10)19(24)26-9-17(23)22-11-3-5-15(21)14(20)7-11/h3-8H,9H2,1-2H3,(H,22,23). The number of methoxy groups -OCH3 is 1. The van der Waals surface area contributed by atoms with Crippen LogP contribution in [-0.2, 0) is 9.53 Å². The van der Waals surface area contributed by atoms with Gasteiger partial charge in [0.05, 0.1) is 12.1 Å². The Morgan fingerprint density at radius 1 is 1.22 bits per heavy atom. The summed E-state index contributed by atoms with van der Waals surface area (Å²) in [5, 5.41) is 3.05. The summed E-state index contributed by atoms with van der Waals surface area (Å²) in [7, 11) is 1.54. The molecule has 1 heterocycles. The molecular formula is C19H15ClFNO5. The number of ether oxygens (including phenoxy) is 2. The molecule has 6 nitrogen and oxygen atoms in total. The number of furan rings is 1. The molecule has 0 aliphatic rings. The second-order valence-corrected chi connectivity index (χ2v) is 6.08. The zero-order valence-electron chi connectivity index (χ0n) is 14.5. The lowest BCUT2D eigenvalue weighted by molar-refractivity contribution is -0.119. The fraction of sp³-hybridized carbons (Fsp3) is 0.158. The van der Waals surface area contributed by atoms with Gasteiger partial charge >= 0.3 is 5.97 Å². The quantitative estimate of drug-likeness (QED) is 0.655. The van der Waals surface area contributed by atoms with Crippen LogP contribution in [0.4, 0.5) is 10.1 Å². The highest BCUT2D eigenvalue weighted by Gasteiger charge is 2.20. The monoisotopic (exact) mass is 391 g/mol. The van der Waals surface area contributed by atoms with E-state index in [1.165, 1.54) is 12.1 Å². The summed E-state index contributed by atoms with van der Waals surface area (Å²) in [5.74, 6) is -1.32. The van der Waals surface area contributed by atoms with E-state index < -0.39 is 24.3 Å². The van der Waals surface area contributed by atoms with Crippen LogP contribution in [0.1, 0.15) is 16.1 Å². The second kappa shape index (κ2) is 7.67. The number of aryl methyl sites for hydroxylation is 1. The number of fused-ring (bicyclic) bond motifs is 1. The molecule has 0 fully saturated rings. The van der Waals surface area contributed by atoms with Crippen molar-refractivity contribution in [2.45, 2.75) is 6.92 Å². The van der Waals surface area contributed by atoms with Gasteiger partial charge in [-0.05, 0) is 43.3 Å². The van der Waals surface area contributed by atoms with Crippen LogP contribution in [0.15, 0.2) is 40.8 Å². The van der Waals surface area contributed by atoms with E-state index in [0.29, 0.717) is 22.3 Å². The Bertz CT molecular complexity index is 1030. The van der Waals surface area contributed by atoms with Crippen molar-refractivity contribution < 1.29 is 27.9 Å². The molecule has 3 rings (SSSR count). The molecule has 1 N–H and O–H groups in total. The Hall–Kier alpha value is -3.06. The molecule has 140 valence electrons. The molecule has 2 aromatic carbocycles. The highest BCUT2D eigenvalue weighted by Crippen LogP contribution is 2.29. The number of nitrogens with one attached hydrogen (secondary N) is 1. The number of benzene rings is 2. The molecule has 1 amide bonds. The fourth-order valence-corrected chi connectivity index (χ4v) is 2.67. The Labute approximate surface area is 158 Å². The fourth-order valence-electron chi connectivity index (χ4n) is 2.49. The van der Waals surface area contributed by atoms with Crippen molar-refractivity contribution in [3.8, 4) is 5.75 Å². The first-order valence-electron chi connectivity index (χ1n) is 7.88. The van der Waals surface area contributed by atoms with E-state index in [2.05, 4.69) is 5.32 Å². The van der Waals surface area contributed by atoms with Gasteiger partial charge in [-0.3, -0.25) is 4.79 Å². The first kappa shape index (κ1) is 18.7. The minimum atomic E-state index is -0.769. The molecule has 8 heteroatoms. The van der Waals surface area contributed by atoms with Crippen LogP contribution < -0.4 is 10.1 Å². The number of carbonyl (C=O) groups is 2. The number of hydrogen-bond acceptors (Lipinski definition) is 5. The van der Waals surface area contributed by atoms with Crippen molar-refractivity contribution in [2.24, 2.45) is 0 Å². The average molecular weight is 392 g/mol. The third-order valence-electron chi connectivity index (χ3n) is 3.87. The van der Waals surface area contributed by atoms with Crippen LogP contribution in [0.25, 0.3) is 11.0 Å². The van der Waals surface area contributed by atoms with Crippen molar-refractivity contribution >= 4 is 40.1 Å². The lowest BCUT2D eigenvalue weighted by Gasteiger charge is -2.06. The number of hydrogen-bond donors (Lipinski definition) is 1. The molecule has 0 radical (unpaired) electrons. The third-order valence-corrected chi connectivity index (χ3v) is 4.16. The SMILES string of the molecule is COc1ccc2oc(C(=O)OCC(=O)Nc3ccc(F)c(Cl)c3)c(C)c2c1. The van der Waals surface area contributed by atoms with Gasteiger partial charge in [-0.1, -0.05) is 11.6 Å². The molecule has 0 aliphatic carbocycles. The number of amides is 1. The van der Waals surface area contributed by atoms with E-state index in [-0.39, 0.29) is 16.5 Å². The smallest absolute Gasteiger partial charge is 0.375 e. The van der Waals surface area contributed by atoms with Crippen LogP contribution in [0.5, 0.6) is 5.75 Å². The lowest BCUT2D eigenvalue weighted by atomic mass is 10.1. The van der Waals surface area contributed by atoms with Crippen molar-refractivity contribution in [2.75, 3.05) is 19.0 Å². The van der Waals surface area contributed by atoms with E-state index in [0.717, 1.165) is 6.07 Å². The van der Waals surface area contributed by atoms with Gasteiger partial charge in [-0.2, -0.15) is 0 Å². The van der Waals surface area contributed by atoms with E-state index in [1.807, 2.05) is 0 Å². The molecule has 0 spiro atoms. The van der Waals surface area contributed by atoms with Crippen LogP contribution in [0, 0.1) is 12.7 Å². The first-order chi connectivity index (χ1) is 12.9. The van der Waals surface area contributed by atoms with E-state index in [9.17, 15) is 14.0 Å². The minimum absolute atomic E-state index is 0.0101. The Kier molecular flexibility index (Phi) is 5.32. The van der Waals surface area contributed by atoms with Gasteiger partial charge in [-0.25, -0.2) is 9.18 Å². The normalized spacial score (nSPS) is 10.7. The van der Waals surface area contributed by atoms with Crippen molar-refractivity contribution in [3.05, 3.63) is 58.6 Å². The zero-order valence-corrected chi connectivity index (χ0v) is 15.2. The number of halogens is 2. The minimum Gasteiger partial charge on any atom is -0.497 e. The van der Waals surface area contributed by atoms with Crippen molar-refractivity contribution in [1.29, 1.82) is 0 Å². The van der Waals surface area contributed by atoms with Crippen LogP contribution in [-0.4, -0.2) is 25.6 Å². The molecule has 0 bridgehead atoms. The van der Waals surface area contributed by atoms with E-state index in [4.69, 9.17) is 25.5 Å². The van der Waals surface area contributed by atoms with Crippen LogP contribution >= 0.6 is 11.6 Å². The summed E-state index contributed by atoms with van der Waals surface area (Å²) in [6.45, 7) is 1.18. The number of esters is 1. The summed E-state index contributed by atoms with van der Waals surface area (Å²) in [5.41, 5.74) is 1.37. The molecule has 27 heavy (non-hydrogen) atoms. The van der Waals surface area contributed by atoms with Gasteiger partial charge in [-0.15, -0.1) is 0 Å². The Morgan fingerprint density at radius 3 is 2.70 bits per heavy atom. The largest absolute Gasteiger partial charge is 0.497 e. The second-order valence-electron chi connectivity index (χ2n) is 5.67. The maximum Gasteiger partial charge on any atom is 0.375 e. The topological polar surface area (TPSA) is 77.8 Å². The lowest BCUT2D eigenvalue weighted by Crippen LogP contribution is -2.21. The summed E-state index contributed by atoms with van der Waals surface area (Å²) in [6, 6.07) is 8.86. The van der Waals surface area contributed by atoms with Crippen molar-refractivity contribution in [3.63, 3.8) is 0 Å². The molecule has 0 unspecified atom stereocenters. The van der Waals surface area contributed by atoms with Crippen LogP contribution in [0.2, 0.25) is 5.02 Å². The summed E-state index contributed by atoms with van der Waals surface area (Å²) >= 11 is 5.65. The highest BCUT2D eigenvalue weighted by atomic mass is 35.5.